The van der Waals surface area contributed by atoms with Gasteiger partial charge in [0.15, 0.2) is 0 Å². The molecular weight excluding hydrogens is 182 g/mol. The van der Waals surface area contributed by atoms with Crippen LogP contribution < -0.4 is 5.32 Å². The van der Waals surface area contributed by atoms with Gasteiger partial charge in [0.2, 0.25) is 5.91 Å². The molecule has 0 saturated heterocycles. The molecule has 1 aliphatic carbocycles. The lowest BCUT2D eigenvalue weighted by Crippen LogP contribution is -2.47. The summed E-state index contributed by atoms with van der Waals surface area (Å²) in [5.74, 6) is -1.15. The first-order valence-electron chi connectivity index (χ1n) is 4.74. The predicted octanol–water partition coefficient (Wildman–Crippen LogP) is 1.08. The average Bonchev–Trinajstić information content (AvgIpc) is 2.51. The van der Waals surface area contributed by atoms with Crippen LogP contribution in [0.3, 0.4) is 0 Å². The van der Waals surface area contributed by atoms with Crippen molar-refractivity contribution in [3.63, 3.8) is 0 Å². The molecule has 0 aliphatic heterocycles. The summed E-state index contributed by atoms with van der Waals surface area (Å²) in [6, 6.07) is 0. The van der Waals surface area contributed by atoms with Crippen molar-refractivity contribution in [1.29, 1.82) is 0 Å². The van der Waals surface area contributed by atoms with Crippen molar-refractivity contribution >= 4 is 11.9 Å². The van der Waals surface area contributed by atoms with E-state index in [2.05, 4.69) is 11.9 Å². The van der Waals surface area contributed by atoms with Crippen LogP contribution in [0.2, 0.25) is 0 Å². The summed E-state index contributed by atoms with van der Waals surface area (Å²) in [6.45, 7) is 3.35. The highest BCUT2D eigenvalue weighted by molar-refractivity contribution is 5.88. The zero-order valence-electron chi connectivity index (χ0n) is 8.08. The summed E-state index contributed by atoms with van der Waals surface area (Å²) in [5.41, 5.74) is -0.531. The highest BCUT2D eigenvalue weighted by atomic mass is 16.4. The summed E-state index contributed by atoms with van der Waals surface area (Å²) in [4.78, 5) is 21.8. The van der Waals surface area contributed by atoms with Crippen molar-refractivity contribution in [3.05, 3.63) is 12.7 Å². The van der Waals surface area contributed by atoms with Crippen LogP contribution >= 0.6 is 0 Å². The molecule has 1 fully saturated rings. The second kappa shape index (κ2) is 4.26. The van der Waals surface area contributed by atoms with Crippen molar-refractivity contribution in [2.45, 2.75) is 37.6 Å². The molecule has 0 radical (unpaired) electrons. The number of carbonyl (C=O) groups excluding carboxylic acids is 1. The third-order valence-electron chi connectivity index (χ3n) is 2.62. The lowest BCUT2D eigenvalue weighted by molar-refractivity contribution is -0.139. The minimum atomic E-state index is -0.865. The summed E-state index contributed by atoms with van der Waals surface area (Å²) in [6.07, 6.45) is 4.64. The molecular formula is C10H15NO3. The van der Waals surface area contributed by atoms with Crippen molar-refractivity contribution in [2.75, 3.05) is 0 Å². The Morgan fingerprint density at radius 1 is 1.43 bits per heavy atom. The lowest BCUT2D eigenvalue weighted by Gasteiger charge is -2.27. The molecule has 0 heterocycles. The van der Waals surface area contributed by atoms with Gasteiger partial charge >= 0.3 is 5.97 Å². The van der Waals surface area contributed by atoms with Crippen LogP contribution in [0.4, 0.5) is 0 Å². The minimum Gasteiger partial charge on any atom is -0.481 e. The Morgan fingerprint density at radius 3 is 2.43 bits per heavy atom. The molecule has 4 nitrogen and oxygen atoms in total. The van der Waals surface area contributed by atoms with E-state index in [4.69, 9.17) is 5.11 Å². The van der Waals surface area contributed by atoms with Crippen LogP contribution in [-0.2, 0) is 9.59 Å². The maximum atomic E-state index is 11.1. The number of rotatable bonds is 4. The fraction of sp³-hybridized carbons (Fsp3) is 0.600. The van der Waals surface area contributed by atoms with E-state index in [9.17, 15) is 9.59 Å². The fourth-order valence-corrected chi connectivity index (χ4v) is 2.00. The highest BCUT2D eigenvalue weighted by Gasteiger charge is 2.36. The number of amides is 1. The number of hydrogen-bond donors (Lipinski definition) is 2. The summed E-state index contributed by atoms with van der Waals surface area (Å²) >= 11 is 0. The molecule has 0 atom stereocenters. The van der Waals surface area contributed by atoms with Gasteiger partial charge in [0, 0.05) is 0 Å². The normalized spacial score (nSPS) is 18.9. The first kappa shape index (κ1) is 10.8. The molecule has 1 saturated carbocycles. The molecule has 0 unspecified atom stereocenters. The quantitative estimate of drug-likeness (QED) is 0.662. The zero-order valence-corrected chi connectivity index (χ0v) is 8.08. The van der Waals surface area contributed by atoms with Gasteiger partial charge in [-0.15, -0.1) is 0 Å². The molecule has 1 amide bonds. The van der Waals surface area contributed by atoms with E-state index in [1.165, 1.54) is 6.08 Å². The zero-order chi connectivity index (χ0) is 10.6. The number of carboxylic acids is 1. The molecule has 14 heavy (non-hydrogen) atoms. The molecule has 0 bridgehead atoms. The van der Waals surface area contributed by atoms with Gasteiger partial charge in [-0.1, -0.05) is 19.4 Å². The van der Waals surface area contributed by atoms with Gasteiger partial charge in [0.1, 0.15) is 0 Å². The van der Waals surface area contributed by atoms with E-state index >= 15 is 0 Å². The number of carboxylic acid groups (broad SMARTS) is 1. The Labute approximate surface area is 83.0 Å². The first-order chi connectivity index (χ1) is 6.58. The maximum absolute atomic E-state index is 11.1. The van der Waals surface area contributed by atoms with Crippen LogP contribution in [0.5, 0.6) is 0 Å². The van der Waals surface area contributed by atoms with Gasteiger partial charge in [0.05, 0.1) is 12.0 Å². The van der Waals surface area contributed by atoms with E-state index in [0.29, 0.717) is 0 Å². The Hall–Kier alpha value is -1.32. The van der Waals surface area contributed by atoms with Crippen LogP contribution in [0, 0.1) is 0 Å². The van der Waals surface area contributed by atoms with Gasteiger partial charge < -0.3 is 10.4 Å². The van der Waals surface area contributed by atoms with Gasteiger partial charge in [-0.25, -0.2) is 0 Å². The van der Waals surface area contributed by atoms with E-state index in [-0.39, 0.29) is 12.3 Å². The molecule has 2 N–H and O–H groups in total. The summed E-state index contributed by atoms with van der Waals surface area (Å²) in [5, 5.41) is 11.5. The van der Waals surface area contributed by atoms with E-state index < -0.39 is 11.5 Å². The highest BCUT2D eigenvalue weighted by Crippen LogP contribution is 2.32. The van der Waals surface area contributed by atoms with Crippen LogP contribution in [0.15, 0.2) is 12.7 Å². The van der Waals surface area contributed by atoms with Crippen molar-refractivity contribution in [2.24, 2.45) is 0 Å². The SMILES string of the molecule is C=CC(=O)NC1(CC(=O)O)CCCC1. The third-order valence-corrected chi connectivity index (χ3v) is 2.62. The number of hydrogen-bond acceptors (Lipinski definition) is 2. The van der Waals surface area contributed by atoms with Crippen molar-refractivity contribution in [3.8, 4) is 0 Å². The standard InChI is InChI=1S/C10H15NO3/c1-2-8(12)11-10(7-9(13)14)5-3-4-6-10/h2H,1,3-7H2,(H,11,12)(H,13,14). The van der Waals surface area contributed by atoms with Crippen molar-refractivity contribution in [1.82, 2.24) is 5.32 Å². The molecule has 0 spiro atoms. The van der Waals surface area contributed by atoms with Gasteiger partial charge in [0.25, 0.3) is 0 Å². The second-order valence-corrected chi connectivity index (χ2v) is 3.75. The van der Waals surface area contributed by atoms with Gasteiger partial charge in [-0.05, 0) is 18.9 Å². The minimum absolute atomic E-state index is 0.00653. The van der Waals surface area contributed by atoms with Gasteiger partial charge in [-0.3, -0.25) is 9.59 Å². The monoisotopic (exact) mass is 197 g/mol. The number of carbonyl (C=O) groups is 2. The first-order valence-corrected chi connectivity index (χ1v) is 4.74. The Balaban J connectivity index is 2.66. The van der Waals surface area contributed by atoms with Crippen LogP contribution in [0.25, 0.3) is 0 Å². The topological polar surface area (TPSA) is 66.4 Å². The summed E-state index contributed by atoms with van der Waals surface area (Å²) < 4.78 is 0. The van der Waals surface area contributed by atoms with E-state index in [1.807, 2.05) is 0 Å². The fourth-order valence-electron chi connectivity index (χ4n) is 2.00. The molecule has 0 aromatic rings. The predicted molar refractivity (Wildman–Crippen MR) is 51.8 cm³/mol. The Morgan fingerprint density at radius 2 is 2.00 bits per heavy atom. The lowest BCUT2D eigenvalue weighted by atomic mass is 9.93. The summed E-state index contributed by atoms with van der Waals surface area (Å²) in [7, 11) is 0. The van der Waals surface area contributed by atoms with Crippen LogP contribution in [0.1, 0.15) is 32.1 Å². The number of nitrogens with one attached hydrogen (secondary N) is 1. The van der Waals surface area contributed by atoms with E-state index in [1.54, 1.807) is 0 Å². The smallest absolute Gasteiger partial charge is 0.305 e. The largest absolute Gasteiger partial charge is 0.481 e. The van der Waals surface area contributed by atoms with Crippen molar-refractivity contribution < 1.29 is 14.7 Å². The van der Waals surface area contributed by atoms with E-state index in [0.717, 1.165) is 25.7 Å². The molecule has 1 rings (SSSR count). The molecule has 0 aromatic carbocycles. The third kappa shape index (κ3) is 2.58. The molecule has 4 heteroatoms. The average molecular weight is 197 g/mol. The van der Waals surface area contributed by atoms with Crippen LogP contribution in [-0.4, -0.2) is 22.5 Å². The molecule has 0 aromatic heterocycles. The second-order valence-electron chi connectivity index (χ2n) is 3.75. The molecule has 78 valence electrons. The number of aliphatic carboxylic acids is 1. The van der Waals surface area contributed by atoms with Gasteiger partial charge in [-0.2, -0.15) is 0 Å². The Bertz CT molecular complexity index is 254. The maximum Gasteiger partial charge on any atom is 0.305 e. The molecule has 1 aliphatic rings. The Kier molecular flexibility index (Phi) is 3.28.